The number of alkyl halides is 2. The Labute approximate surface area is 93.9 Å². The Bertz CT molecular complexity index is 343. The van der Waals surface area contributed by atoms with Crippen molar-refractivity contribution in [1.29, 1.82) is 0 Å². The summed E-state index contributed by atoms with van der Waals surface area (Å²) < 4.78 is 26.0. The quantitative estimate of drug-likeness (QED) is 0.860. The minimum absolute atomic E-state index is 0.0961. The van der Waals surface area contributed by atoms with E-state index in [1.165, 1.54) is 25.2 Å². The molecule has 5 heteroatoms. The molecule has 0 aromatic carbocycles. The third-order valence-corrected chi connectivity index (χ3v) is 3.34. The molecule has 0 amide bonds. The van der Waals surface area contributed by atoms with Gasteiger partial charge in [-0.15, -0.1) is 0 Å². The van der Waals surface area contributed by atoms with E-state index in [2.05, 4.69) is 17.2 Å². The first-order chi connectivity index (χ1) is 7.61. The summed E-state index contributed by atoms with van der Waals surface area (Å²) in [6.07, 6.45) is 7.39. The molecule has 90 valence electrons. The van der Waals surface area contributed by atoms with Crippen LogP contribution in [0.4, 0.5) is 8.78 Å². The van der Waals surface area contributed by atoms with Crippen LogP contribution in [-0.2, 0) is 6.54 Å². The van der Waals surface area contributed by atoms with Gasteiger partial charge in [0.05, 0.1) is 6.54 Å². The van der Waals surface area contributed by atoms with Crippen LogP contribution in [0.25, 0.3) is 0 Å². The molecule has 0 spiro atoms. The maximum Gasteiger partial charge on any atom is 0.319 e. The molecule has 1 saturated carbocycles. The van der Waals surface area contributed by atoms with E-state index in [1.807, 2.05) is 0 Å². The average Bonchev–Trinajstić information content (AvgIpc) is 2.83. The molecule has 0 atom stereocenters. The lowest BCUT2D eigenvalue weighted by Crippen LogP contribution is -2.39. The van der Waals surface area contributed by atoms with Crippen molar-refractivity contribution in [3.8, 4) is 0 Å². The molecule has 3 nitrogen and oxygen atoms in total. The van der Waals surface area contributed by atoms with E-state index < -0.39 is 6.55 Å². The summed E-state index contributed by atoms with van der Waals surface area (Å²) in [6, 6.07) is 0. The Hall–Kier alpha value is -0.970. The van der Waals surface area contributed by atoms with Crippen molar-refractivity contribution >= 4 is 0 Å². The van der Waals surface area contributed by atoms with E-state index in [4.69, 9.17) is 0 Å². The highest BCUT2D eigenvalue weighted by Gasteiger charge is 2.28. The van der Waals surface area contributed by atoms with E-state index in [0.29, 0.717) is 12.4 Å². The van der Waals surface area contributed by atoms with E-state index in [0.717, 1.165) is 17.4 Å². The summed E-state index contributed by atoms with van der Waals surface area (Å²) in [5.41, 5.74) is 0.0961. The topological polar surface area (TPSA) is 29.9 Å². The third-order valence-electron chi connectivity index (χ3n) is 3.34. The molecule has 2 rings (SSSR count). The highest BCUT2D eigenvalue weighted by atomic mass is 19.3. The lowest BCUT2D eigenvalue weighted by Gasteiger charge is -2.25. The molecule has 1 aromatic heterocycles. The first kappa shape index (κ1) is 11.5. The van der Waals surface area contributed by atoms with Gasteiger partial charge in [0.2, 0.25) is 0 Å². The molecule has 0 bridgehead atoms. The van der Waals surface area contributed by atoms with Crippen LogP contribution in [0.3, 0.4) is 0 Å². The van der Waals surface area contributed by atoms with Gasteiger partial charge in [-0.05, 0) is 19.8 Å². The first-order valence-corrected chi connectivity index (χ1v) is 5.66. The van der Waals surface area contributed by atoms with Crippen LogP contribution in [0, 0.1) is 0 Å². The van der Waals surface area contributed by atoms with Gasteiger partial charge in [-0.25, -0.2) is 4.98 Å². The number of hydrogen-bond acceptors (Lipinski definition) is 2. The van der Waals surface area contributed by atoms with Gasteiger partial charge >= 0.3 is 6.55 Å². The zero-order valence-corrected chi connectivity index (χ0v) is 9.42. The second kappa shape index (κ2) is 4.49. The summed E-state index contributed by atoms with van der Waals surface area (Å²) in [6.45, 7) is 0.0550. The van der Waals surface area contributed by atoms with Crippen LogP contribution in [0.1, 0.15) is 45.0 Å². The number of imidazole rings is 1. The number of hydrogen-bond donors (Lipinski definition) is 1. The Morgan fingerprint density at radius 1 is 1.50 bits per heavy atom. The van der Waals surface area contributed by atoms with Gasteiger partial charge < -0.3 is 5.32 Å². The zero-order valence-electron chi connectivity index (χ0n) is 9.42. The summed E-state index contributed by atoms with van der Waals surface area (Å²) >= 11 is 0. The molecule has 1 fully saturated rings. The van der Waals surface area contributed by atoms with Gasteiger partial charge in [0.15, 0.2) is 0 Å². The largest absolute Gasteiger partial charge is 0.319 e. The van der Waals surface area contributed by atoms with Crippen molar-refractivity contribution in [2.45, 2.75) is 51.2 Å². The van der Waals surface area contributed by atoms with Crippen LogP contribution in [-0.4, -0.2) is 15.1 Å². The predicted molar refractivity (Wildman–Crippen MR) is 57.2 cm³/mol. The van der Waals surface area contributed by atoms with E-state index in [1.54, 1.807) is 0 Å². The molecule has 1 N–H and O–H groups in total. The SMILES string of the molecule is CC1(NCc2nccn2C(F)F)CCCC1. The van der Waals surface area contributed by atoms with Gasteiger partial charge in [0.1, 0.15) is 5.82 Å². The molecule has 1 aliphatic carbocycles. The summed E-state index contributed by atoms with van der Waals surface area (Å²) in [5.74, 6) is 0.406. The van der Waals surface area contributed by atoms with E-state index in [-0.39, 0.29) is 5.54 Å². The van der Waals surface area contributed by atoms with Gasteiger partial charge in [-0.3, -0.25) is 4.57 Å². The zero-order chi connectivity index (χ0) is 11.6. The van der Waals surface area contributed by atoms with Gasteiger partial charge in [0.25, 0.3) is 0 Å². The number of nitrogens with one attached hydrogen (secondary N) is 1. The van der Waals surface area contributed by atoms with Crippen molar-refractivity contribution in [1.82, 2.24) is 14.9 Å². The standard InChI is InChI=1S/C11H17F2N3/c1-11(4-2-3-5-11)15-8-9-14-6-7-16(9)10(12)13/h6-7,10,15H,2-5,8H2,1H3. The summed E-state index contributed by atoms with van der Waals surface area (Å²) in [5, 5.41) is 3.34. The highest BCUT2D eigenvalue weighted by Crippen LogP contribution is 2.29. The Morgan fingerprint density at radius 2 is 2.19 bits per heavy atom. The van der Waals surface area contributed by atoms with Gasteiger partial charge in [-0.1, -0.05) is 12.8 Å². The van der Waals surface area contributed by atoms with Crippen molar-refractivity contribution in [3.63, 3.8) is 0 Å². The lowest BCUT2D eigenvalue weighted by atomic mass is 10.0. The number of halogens is 2. The fraction of sp³-hybridized carbons (Fsp3) is 0.727. The second-order valence-corrected chi connectivity index (χ2v) is 4.65. The van der Waals surface area contributed by atoms with Crippen molar-refractivity contribution in [3.05, 3.63) is 18.2 Å². The minimum Gasteiger partial charge on any atom is -0.305 e. The Balaban J connectivity index is 1.96. The predicted octanol–water partition coefficient (Wildman–Crippen LogP) is 2.70. The average molecular weight is 229 g/mol. The number of aromatic nitrogens is 2. The molecule has 16 heavy (non-hydrogen) atoms. The summed E-state index contributed by atoms with van der Waals surface area (Å²) in [4.78, 5) is 3.95. The maximum atomic E-state index is 12.6. The van der Waals surface area contributed by atoms with Crippen molar-refractivity contribution in [2.75, 3.05) is 0 Å². The molecule has 0 saturated heterocycles. The van der Waals surface area contributed by atoms with Crippen LogP contribution >= 0.6 is 0 Å². The lowest BCUT2D eigenvalue weighted by molar-refractivity contribution is 0.0661. The molecule has 1 heterocycles. The molecular formula is C11H17F2N3. The van der Waals surface area contributed by atoms with Crippen LogP contribution in [0.5, 0.6) is 0 Å². The van der Waals surface area contributed by atoms with Crippen LogP contribution in [0.15, 0.2) is 12.4 Å². The fourth-order valence-corrected chi connectivity index (χ4v) is 2.28. The van der Waals surface area contributed by atoms with Gasteiger partial charge in [-0.2, -0.15) is 8.78 Å². The molecular weight excluding hydrogens is 212 g/mol. The molecule has 1 aromatic rings. The molecule has 0 aliphatic heterocycles. The normalized spacial score (nSPS) is 19.5. The molecule has 1 aliphatic rings. The first-order valence-electron chi connectivity index (χ1n) is 5.66. The fourth-order valence-electron chi connectivity index (χ4n) is 2.28. The monoisotopic (exact) mass is 229 g/mol. The van der Waals surface area contributed by atoms with Crippen LogP contribution < -0.4 is 5.32 Å². The van der Waals surface area contributed by atoms with E-state index >= 15 is 0 Å². The van der Waals surface area contributed by atoms with Gasteiger partial charge in [0, 0.05) is 17.9 Å². The third kappa shape index (κ3) is 2.40. The second-order valence-electron chi connectivity index (χ2n) is 4.65. The number of nitrogens with zero attached hydrogens (tertiary/aromatic N) is 2. The van der Waals surface area contributed by atoms with Crippen molar-refractivity contribution in [2.24, 2.45) is 0 Å². The highest BCUT2D eigenvalue weighted by molar-refractivity contribution is 4.96. The molecule has 0 unspecified atom stereocenters. The molecule has 0 radical (unpaired) electrons. The number of rotatable bonds is 4. The Kier molecular flexibility index (Phi) is 3.23. The minimum atomic E-state index is -2.50. The maximum absolute atomic E-state index is 12.6. The summed E-state index contributed by atoms with van der Waals surface area (Å²) in [7, 11) is 0. The van der Waals surface area contributed by atoms with Crippen molar-refractivity contribution < 1.29 is 8.78 Å². The van der Waals surface area contributed by atoms with Crippen LogP contribution in [0.2, 0.25) is 0 Å². The smallest absolute Gasteiger partial charge is 0.305 e. The Morgan fingerprint density at radius 3 is 2.81 bits per heavy atom. The van der Waals surface area contributed by atoms with E-state index in [9.17, 15) is 8.78 Å².